The van der Waals surface area contributed by atoms with Gasteiger partial charge in [-0.15, -0.1) is 0 Å². The Hall–Kier alpha value is -2.42. The van der Waals surface area contributed by atoms with Crippen LogP contribution in [0, 0.1) is 0 Å². The van der Waals surface area contributed by atoms with Gasteiger partial charge in [0.25, 0.3) is 5.91 Å². The second-order valence-corrected chi connectivity index (χ2v) is 8.01. The maximum Gasteiger partial charge on any atom is 0.328 e. The van der Waals surface area contributed by atoms with Crippen LogP contribution in [-0.4, -0.2) is 74.1 Å². The first-order chi connectivity index (χ1) is 14.4. The van der Waals surface area contributed by atoms with Crippen molar-refractivity contribution >= 4 is 29.5 Å². The number of carbonyl (C=O) groups excluding carboxylic acids is 3. The van der Waals surface area contributed by atoms with Crippen molar-refractivity contribution in [3.8, 4) is 11.5 Å². The van der Waals surface area contributed by atoms with E-state index in [1.54, 1.807) is 41.8 Å². The zero-order valence-corrected chi connectivity index (χ0v) is 18.8. The Balaban J connectivity index is 2.04. The summed E-state index contributed by atoms with van der Waals surface area (Å²) in [6.45, 7) is 2.89. The number of benzene rings is 1. The first-order valence-corrected chi connectivity index (χ1v) is 11.3. The van der Waals surface area contributed by atoms with Gasteiger partial charge < -0.3 is 24.4 Å². The summed E-state index contributed by atoms with van der Waals surface area (Å²) in [5.74, 6) is 0.924. The molecule has 1 N–H and O–H groups in total. The van der Waals surface area contributed by atoms with E-state index >= 15 is 0 Å². The summed E-state index contributed by atoms with van der Waals surface area (Å²) in [6.07, 6.45) is 3.87. The molecule has 1 aromatic rings. The van der Waals surface area contributed by atoms with E-state index in [0.29, 0.717) is 36.6 Å². The number of nitrogens with zero attached hydrogens (tertiary/aromatic N) is 1. The van der Waals surface area contributed by atoms with Crippen LogP contribution in [0.15, 0.2) is 18.2 Å². The lowest BCUT2D eigenvalue weighted by Gasteiger charge is -2.31. The Labute approximate surface area is 181 Å². The molecule has 1 aromatic carbocycles. The van der Waals surface area contributed by atoms with Crippen molar-refractivity contribution in [2.45, 2.75) is 38.3 Å². The summed E-state index contributed by atoms with van der Waals surface area (Å²) in [6, 6.07) is 4.22. The molecular weight excluding hydrogens is 408 g/mol. The topological polar surface area (TPSA) is 94.2 Å². The third kappa shape index (κ3) is 6.55. The van der Waals surface area contributed by atoms with Crippen LogP contribution in [-0.2, 0) is 14.3 Å². The summed E-state index contributed by atoms with van der Waals surface area (Å²) < 4.78 is 16.3. The number of hydrogen-bond acceptors (Lipinski definition) is 7. The summed E-state index contributed by atoms with van der Waals surface area (Å²) in [4.78, 5) is 37.8. The SMILES string of the molecule is COC(=O)[C@H](CCSC)NC(=O)c1ccc(OC2CCN(C(C)=O)CC2)c(OC)c1. The fraction of sp³-hybridized carbons (Fsp3) is 0.571. The van der Waals surface area contributed by atoms with E-state index in [0.717, 1.165) is 18.6 Å². The van der Waals surface area contributed by atoms with Crippen LogP contribution < -0.4 is 14.8 Å². The molecule has 0 saturated carbocycles. The van der Waals surface area contributed by atoms with Crippen LogP contribution >= 0.6 is 11.8 Å². The number of likely N-dealkylation sites (tertiary alicyclic amines) is 1. The molecule has 0 spiro atoms. The number of esters is 1. The Morgan fingerprint density at radius 3 is 2.47 bits per heavy atom. The number of piperidine rings is 1. The molecule has 0 aromatic heterocycles. The van der Waals surface area contributed by atoms with E-state index in [4.69, 9.17) is 14.2 Å². The fourth-order valence-corrected chi connectivity index (χ4v) is 3.71. The van der Waals surface area contributed by atoms with Crippen LogP contribution in [0.1, 0.15) is 36.5 Å². The average Bonchev–Trinajstić information content (AvgIpc) is 2.76. The van der Waals surface area contributed by atoms with Crippen LogP contribution in [0.25, 0.3) is 0 Å². The number of carbonyl (C=O) groups is 3. The van der Waals surface area contributed by atoms with Crippen molar-refractivity contribution in [3.05, 3.63) is 23.8 Å². The summed E-state index contributed by atoms with van der Waals surface area (Å²) in [5, 5.41) is 2.73. The lowest BCUT2D eigenvalue weighted by Crippen LogP contribution is -2.42. The normalized spacial score (nSPS) is 15.3. The van der Waals surface area contributed by atoms with E-state index in [9.17, 15) is 14.4 Å². The van der Waals surface area contributed by atoms with Gasteiger partial charge in [0.1, 0.15) is 12.1 Å². The average molecular weight is 439 g/mol. The van der Waals surface area contributed by atoms with Crippen LogP contribution in [0.3, 0.4) is 0 Å². The second kappa shape index (κ2) is 11.7. The molecule has 0 bridgehead atoms. The summed E-state index contributed by atoms with van der Waals surface area (Å²) >= 11 is 1.59. The first kappa shape index (κ1) is 23.9. The molecule has 1 atom stereocenters. The lowest BCUT2D eigenvalue weighted by molar-refractivity contribution is -0.142. The van der Waals surface area contributed by atoms with Gasteiger partial charge in [-0.3, -0.25) is 9.59 Å². The van der Waals surface area contributed by atoms with E-state index in [2.05, 4.69) is 5.32 Å². The predicted molar refractivity (Wildman–Crippen MR) is 115 cm³/mol. The molecule has 1 saturated heterocycles. The van der Waals surface area contributed by atoms with Crippen LogP contribution in [0.5, 0.6) is 11.5 Å². The van der Waals surface area contributed by atoms with Crippen molar-refractivity contribution in [2.75, 3.05) is 39.3 Å². The molecule has 1 aliphatic heterocycles. The zero-order valence-electron chi connectivity index (χ0n) is 17.9. The Morgan fingerprint density at radius 2 is 1.90 bits per heavy atom. The highest BCUT2D eigenvalue weighted by Gasteiger charge is 2.25. The maximum atomic E-state index is 12.6. The number of hydrogen-bond donors (Lipinski definition) is 1. The molecule has 30 heavy (non-hydrogen) atoms. The Bertz CT molecular complexity index is 749. The molecular formula is C21H30N2O6S. The predicted octanol–water partition coefficient (Wildman–Crippen LogP) is 2.11. The minimum atomic E-state index is -0.705. The molecule has 1 aliphatic rings. The Kier molecular flexibility index (Phi) is 9.29. The van der Waals surface area contributed by atoms with Gasteiger partial charge in [-0.1, -0.05) is 0 Å². The van der Waals surface area contributed by atoms with Gasteiger partial charge in [-0.25, -0.2) is 4.79 Å². The smallest absolute Gasteiger partial charge is 0.328 e. The number of methoxy groups -OCH3 is 2. The Morgan fingerprint density at radius 1 is 1.20 bits per heavy atom. The van der Waals surface area contributed by atoms with Gasteiger partial charge in [-0.2, -0.15) is 11.8 Å². The minimum Gasteiger partial charge on any atom is -0.493 e. The third-order valence-electron chi connectivity index (χ3n) is 5.01. The van der Waals surface area contributed by atoms with Crippen molar-refractivity contribution < 1.29 is 28.6 Å². The molecule has 166 valence electrons. The van der Waals surface area contributed by atoms with Crippen molar-refractivity contribution in [2.24, 2.45) is 0 Å². The van der Waals surface area contributed by atoms with Gasteiger partial charge >= 0.3 is 5.97 Å². The summed E-state index contributed by atoms with van der Waals surface area (Å²) in [7, 11) is 2.81. The molecule has 2 rings (SSSR count). The molecule has 9 heteroatoms. The number of thioether (sulfide) groups is 1. The quantitative estimate of drug-likeness (QED) is 0.590. The van der Waals surface area contributed by atoms with Crippen molar-refractivity contribution in [3.63, 3.8) is 0 Å². The van der Waals surface area contributed by atoms with Crippen LogP contribution in [0.4, 0.5) is 0 Å². The largest absolute Gasteiger partial charge is 0.493 e. The monoisotopic (exact) mass is 438 g/mol. The van der Waals surface area contributed by atoms with E-state index < -0.39 is 12.0 Å². The standard InChI is InChI=1S/C21H30N2O6S/c1-14(24)23-10-7-16(8-11-23)29-18-6-5-15(13-19(18)27-2)20(25)22-17(9-12-30-4)21(26)28-3/h5-6,13,16-17H,7-12H2,1-4H3,(H,22,25)/t17-/m0/s1. The highest BCUT2D eigenvalue weighted by Crippen LogP contribution is 2.30. The molecule has 0 unspecified atom stereocenters. The molecule has 8 nitrogen and oxygen atoms in total. The first-order valence-electron chi connectivity index (χ1n) is 9.87. The highest BCUT2D eigenvalue weighted by atomic mass is 32.2. The molecule has 2 amide bonds. The minimum absolute atomic E-state index is 0.0237. The van der Waals surface area contributed by atoms with Gasteiger partial charge in [0.05, 0.1) is 14.2 Å². The van der Waals surface area contributed by atoms with Gasteiger partial charge in [0.2, 0.25) is 5.91 Å². The molecule has 0 aliphatic carbocycles. The molecule has 1 fully saturated rings. The number of nitrogens with one attached hydrogen (secondary N) is 1. The fourth-order valence-electron chi connectivity index (χ4n) is 3.24. The number of amides is 2. The number of ether oxygens (including phenoxy) is 3. The number of rotatable bonds is 9. The van der Waals surface area contributed by atoms with E-state index in [1.807, 2.05) is 6.26 Å². The van der Waals surface area contributed by atoms with Crippen molar-refractivity contribution in [1.82, 2.24) is 10.2 Å². The van der Waals surface area contributed by atoms with Gasteiger partial charge in [0.15, 0.2) is 11.5 Å². The molecule has 1 heterocycles. The van der Waals surface area contributed by atoms with Crippen LogP contribution in [0.2, 0.25) is 0 Å². The lowest BCUT2D eigenvalue weighted by atomic mass is 10.1. The second-order valence-electron chi connectivity index (χ2n) is 7.02. The van der Waals surface area contributed by atoms with E-state index in [1.165, 1.54) is 14.2 Å². The zero-order chi connectivity index (χ0) is 22.1. The van der Waals surface area contributed by atoms with Gasteiger partial charge in [0, 0.05) is 38.4 Å². The van der Waals surface area contributed by atoms with Crippen molar-refractivity contribution in [1.29, 1.82) is 0 Å². The van der Waals surface area contributed by atoms with Gasteiger partial charge in [-0.05, 0) is 36.6 Å². The summed E-state index contributed by atoms with van der Waals surface area (Å²) in [5.41, 5.74) is 0.364. The third-order valence-corrected chi connectivity index (χ3v) is 5.65. The van der Waals surface area contributed by atoms with E-state index in [-0.39, 0.29) is 17.9 Å². The highest BCUT2D eigenvalue weighted by molar-refractivity contribution is 7.98. The molecule has 0 radical (unpaired) electrons. The maximum absolute atomic E-state index is 12.6.